The van der Waals surface area contributed by atoms with Crippen molar-refractivity contribution in [3.05, 3.63) is 0 Å². The minimum atomic E-state index is -1.10. The van der Waals surface area contributed by atoms with E-state index in [1.54, 1.807) is 13.8 Å². The van der Waals surface area contributed by atoms with Gasteiger partial charge in [0.15, 0.2) is 0 Å². The summed E-state index contributed by atoms with van der Waals surface area (Å²) in [5.74, 6) is -1.08. The second-order valence-electron chi connectivity index (χ2n) is 5.47. The number of nitrogens with one attached hydrogen (secondary N) is 2. The molecule has 3 unspecified atom stereocenters. The molecular formula is C13H22N2O3. The molecule has 3 N–H and O–H groups in total. The van der Waals surface area contributed by atoms with Gasteiger partial charge in [-0.1, -0.05) is 13.8 Å². The summed E-state index contributed by atoms with van der Waals surface area (Å²) in [5, 5.41) is 15.5. The monoisotopic (exact) mass is 254 g/mol. The molecule has 1 amide bonds. The Morgan fingerprint density at radius 1 is 1.33 bits per heavy atom. The van der Waals surface area contributed by atoms with Gasteiger partial charge in [0.05, 0.1) is 5.92 Å². The Balaban J connectivity index is 2.03. The summed E-state index contributed by atoms with van der Waals surface area (Å²) in [5.41, 5.74) is -1.10. The fourth-order valence-corrected chi connectivity index (χ4v) is 3.23. The lowest BCUT2D eigenvalue weighted by Crippen LogP contribution is -2.56. The molecule has 0 aromatic carbocycles. The lowest BCUT2D eigenvalue weighted by atomic mass is 9.86. The van der Waals surface area contributed by atoms with Crippen LogP contribution < -0.4 is 10.6 Å². The van der Waals surface area contributed by atoms with Gasteiger partial charge < -0.3 is 15.7 Å². The number of hydrogen-bond donors (Lipinski definition) is 3. The molecule has 3 atom stereocenters. The number of carbonyl (C=O) groups is 2. The van der Waals surface area contributed by atoms with E-state index in [2.05, 4.69) is 10.6 Å². The van der Waals surface area contributed by atoms with Gasteiger partial charge in [-0.05, 0) is 32.1 Å². The van der Waals surface area contributed by atoms with Crippen LogP contribution in [-0.4, -0.2) is 34.6 Å². The van der Waals surface area contributed by atoms with Crippen LogP contribution in [0.1, 0.15) is 46.0 Å². The summed E-state index contributed by atoms with van der Waals surface area (Å²) in [6.07, 6.45) is 3.85. The van der Waals surface area contributed by atoms with E-state index in [4.69, 9.17) is 0 Å². The zero-order valence-electron chi connectivity index (χ0n) is 11.0. The Kier molecular flexibility index (Phi) is 3.61. The molecule has 2 fully saturated rings. The topological polar surface area (TPSA) is 78.4 Å². The molecule has 0 saturated carbocycles. The summed E-state index contributed by atoms with van der Waals surface area (Å²) in [4.78, 5) is 23.6. The first kappa shape index (κ1) is 13.3. The first-order chi connectivity index (χ1) is 8.52. The molecule has 5 heteroatoms. The average molecular weight is 254 g/mol. The molecule has 0 aromatic rings. The van der Waals surface area contributed by atoms with Crippen LogP contribution in [0.5, 0.6) is 0 Å². The Bertz CT molecular complexity index is 352. The predicted octanol–water partition coefficient (Wildman–Crippen LogP) is 0.886. The van der Waals surface area contributed by atoms with Crippen molar-refractivity contribution in [3.8, 4) is 0 Å². The normalized spacial score (nSPS) is 30.4. The van der Waals surface area contributed by atoms with Crippen molar-refractivity contribution >= 4 is 11.9 Å². The Morgan fingerprint density at radius 3 is 2.39 bits per heavy atom. The number of rotatable bonds is 5. The van der Waals surface area contributed by atoms with Gasteiger partial charge in [0.1, 0.15) is 5.54 Å². The minimum Gasteiger partial charge on any atom is -0.480 e. The maximum Gasteiger partial charge on any atom is 0.329 e. The highest BCUT2D eigenvalue weighted by Gasteiger charge is 2.45. The van der Waals surface area contributed by atoms with Crippen LogP contribution in [0.25, 0.3) is 0 Å². The van der Waals surface area contributed by atoms with Crippen LogP contribution in [0.15, 0.2) is 0 Å². The van der Waals surface area contributed by atoms with Crippen molar-refractivity contribution in [1.82, 2.24) is 10.6 Å². The Morgan fingerprint density at radius 2 is 2.00 bits per heavy atom. The quantitative estimate of drug-likeness (QED) is 0.680. The lowest BCUT2D eigenvalue weighted by molar-refractivity contribution is -0.148. The van der Waals surface area contributed by atoms with Crippen LogP contribution in [0.4, 0.5) is 0 Å². The van der Waals surface area contributed by atoms with E-state index in [0.717, 1.165) is 19.3 Å². The molecule has 2 aliphatic rings. The predicted molar refractivity (Wildman–Crippen MR) is 67.1 cm³/mol. The molecule has 2 heterocycles. The molecule has 0 aliphatic carbocycles. The maximum atomic E-state index is 12.3. The average Bonchev–Trinajstić information content (AvgIpc) is 2.97. The molecule has 102 valence electrons. The van der Waals surface area contributed by atoms with Gasteiger partial charge in [-0.15, -0.1) is 0 Å². The standard InChI is InChI=1S/C13H22N2O3/c1-3-13(4-2,12(17)18)15-11(16)9-7-8-5-6-10(9)14-8/h8-10,14H,3-7H2,1-2H3,(H,15,16)(H,17,18). The van der Waals surface area contributed by atoms with Crippen LogP contribution in [-0.2, 0) is 9.59 Å². The van der Waals surface area contributed by atoms with Crippen LogP contribution in [0.3, 0.4) is 0 Å². The Hall–Kier alpha value is -1.10. The summed E-state index contributed by atoms with van der Waals surface area (Å²) in [6, 6.07) is 0.698. The van der Waals surface area contributed by atoms with E-state index in [1.807, 2.05) is 0 Å². The van der Waals surface area contributed by atoms with Crippen molar-refractivity contribution < 1.29 is 14.7 Å². The van der Waals surface area contributed by atoms with Gasteiger partial charge in [0.2, 0.25) is 5.91 Å². The Labute approximate surface area is 107 Å². The van der Waals surface area contributed by atoms with Crippen molar-refractivity contribution in [2.45, 2.75) is 63.6 Å². The molecule has 0 radical (unpaired) electrons. The van der Waals surface area contributed by atoms with Crippen LogP contribution in [0, 0.1) is 5.92 Å². The highest BCUT2D eigenvalue weighted by Crippen LogP contribution is 2.33. The number of aliphatic carboxylic acids is 1. The van der Waals surface area contributed by atoms with E-state index in [-0.39, 0.29) is 17.9 Å². The highest BCUT2D eigenvalue weighted by molar-refractivity contribution is 5.88. The third kappa shape index (κ3) is 2.11. The molecule has 0 spiro atoms. The van der Waals surface area contributed by atoms with Crippen LogP contribution in [0.2, 0.25) is 0 Å². The van der Waals surface area contributed by atoms with Gasteiger partial charge in [0.25, 0.3) is 0 Å². The number of fused-ring (bicyclic) bond motifs is 2. The SMILES string of the molecule is CCC(CC)(NC(=O)C1CC2CCC1N2)C(=O)O. The molecule has 2 aliphatic heterocycles. The minimum absolute atomic E-state index is 0.0550. The number of carbonyl (C=O) groups excluding carboxylic acids is 1. The third-order valence-electron chi connectivity index (χ3n) is 4.62. The second kappa shape index (κ2) is 4.88. The first-order valence-electron chi connectivity index (χ1n) is 6.84. The summed E-state index contributed by atoms with van der Waals surface area (Å²) < 4.78 is 0. The molecule has 18 heavy (non-hydrogen) atoms. The molecule has 2 saturated heterocycles. The zero-order chi connectivity index (χ0) is 13.3. The molecular weight excluding hydrogens is 232 g/mol. The van der Waals surface area contributed by atoms with E-state index in [0.29, 0.717) is 18.9 Å². The van der Waals surface area contributed by atoms with Crippen molar-refractivity contribution in [3.63, 3.8) is 0 Å². The maximum absolute atomic E-state index is 12.3. The summed E-state index contributed by atoms with van der Waals surface area (Å²) in [7, 11) is 0. The second-order valence-corrected chi connectivity index (χ2v) is 5.47. The number of carboxylic acid groups (broad SMARTS) is 1. The van der Waals surface area contributed by atoms with Crippen molar-refractivity contribution in [2.24, 2.45) is 5.92 Å². The van der Waals surface area contributed by atoms with Gasteiger partial charge >= 0.3 is 5.97 Å². The number of carboxylic acids is 1. The molecule has 2 bridgehead atoms. The van der Waals surface area contributed by atoms with E-state index < -0.39 is 11.5 Å². The first-order valence-corrected chi connectivity index (χ1v) is 6.84. The number of amides is 1. The lowest BCUT2D eigenvalue weighted by Gasteiger charge is -2.31. The van der Waals surface area contributed by atoms with Gasteiger partial charge in [-0.25, -0.2) is 4.79 Å². The van der Waals surface area contributed by atoms with Gasteiger partial charge in [0, 0.05) is 12.1 Å². The van der Waals surface area contributed by atoms with E-state index >= 15 is 0 Å². The zero-order valence-corrected chi connectivity index (χ0v) is 11.0. The van der Waals surface area contributed by atoms with Gasteiger partial charge in [-0.3, -0.25) is 4.79 Å². The largest absolute Gasteiger partial charge is 0.480 e. The summed E-state index contributed by atoms with van der Waals surface area (Å²) in [6.45, 7) is 3.61. The number of hydrogen-bond acceptors (Lipinski definition) is 3. The van der Waals surface area contributed by atoms with E-state index in [9.17, 15) is 14.7 Å². The molecule has 2 rings (SSSR count). The van der Waals surface area contributed by atoms with Gasteiger partial charge in [-0.2, -0.15) is 0 Å². The highest BCUT2D eigenvalue weighted by atomic mass is 16.4. The molecule has 5 nitrogen and oxygen atoms in total. The van der Waals surface area contributed by atoms with Crippen molar-refractivity contribution in [2.75, 3.05) is 0 Å². The fourth-order valence-electron chi connectivity index (χ4n) is 3.23. The smallest absolute Gasteiger partial charge is 0.329 e. The molecule has 0 aromatic heterocycles. The van der Waals surface area contributed by atoms with Crippen LogP contribution >= 0.6 is 0 Å². The van der Waals surface area contributed by atoms with Crippen molar-refractivity contribution in [1.29, 1.82) is 0 Å². The summed E-state index contributed by atoms with van der Waals surface area (Å²) >= 11 is 0. The fraction of sp³-hybridized carbons (Fsp3) is 0.846. The van der Waals surface area contributed by atoms with E-state index in [1.165, 1.54) is 0 Å². The third-order valence-corrected chi connectivity index (χ3v) is 4.62.